The number of benzene rings is 3. The van der Waals surface area contributed by atoms with Crippen molar-refractivity contribution in [1.82, 2.24) is 5.32 Å². The van der Waals surface area contributed by atoms with Crippen molar-refractivity contribution in [3.63, 3.8) is 0 Å². The quantitative estimate of drug-likeness (QED) is 0.248. The molecule has 0 atom stereocenters. The van der Waals surface area contributed by atoms with Gasteiger partial charge >= 0.3 is 6.03 Å². The molecule has 1 fully saturated rings. The third-order valence-corrected chi connectivity index (χ3v) is 5.54. The summed E-state index contributed by atoms with van der Waals surface area (Å²) in [5, 5.41) is 2.22. The number of para-hydroxylation sites is 1. The number of rotatable bonds is 9. The molecular weight excluding hydrogens is 475 g/mol. The predicted molar refractivity (Wildman–Crippen MR) is 138 cm³/mol. The minimum absolute atomic E-state index is 0.181. The maximum Gasteiger partial charge on any atom is 0.335 e. The maximum atomic E-state index is 13.3. The summed E-state index contributed by atoms with van der Waals surface area (Å²) in [6, 6.07) is 16.9. The van der Waals surface area contributed by atoms with Crippen LogP contribution in [0.2, 0.25) is 0 Å². The number of amides is 4. The second-order valence-corrected chi connectivity index (χ2v) is 8.14. The van der Waals surface area contributed by atoms with Crippen LogP contribution in [0.3, 0.4) is 0 Å². The highest BCUT2D eigenvalue weighted by atomic mass is 19.1. The number of ether oxygens (including phenoxy) is 2. The number of allylic oxidation sites excluding steroid dienone is 1. The van der Waals surface area contributed by atoms with Crippen LogP contribution < -0.4 is 19.7 Å². The van der Waals surface area contributed by atoms with Crippen LogP contribution in [0.5, 0.6) is 11.5 Å². The van der Waals surface area contributed by atoms with Gasteiger partial charge in [-0.2, -0.15) is 0 Å². The molecule has 1 aliphatic heterocycles. The summed E-state index contributed by atoms with van der Waals surface area (Å²) in [6.07, 6.45) is 3.53. The number of halogens is 1. The largest absolute Gasteiger partial charge is 0.490 e. The minimum Gasteiger partial charge on any atom is -0.490 e. The van der Waals surface area contributed by atoms with Gasteiger partial charge in [0.25, 0.3) is 11.8 Å². The molecule has 3 aromatic rings. The van der Waals surface area contributed by atoms with Gasteiger partial charge in [0, 0.05) is 5.56 Å². The van der Waals surface area contributed by atoms with Gasteiger partial charge in [0.15, 0.2) is 11.5 Å². The zero-order valence-electron chi connectivity index (χ0n) is 20.2. The Morgan fingerprint density at radius 3 is 2.41 bits per heavy atom. The van der Waals surface area contributed by atoms with Crippen LogP contribution >= 0.6 is 0 Å². The van der Waals surface area contributed by atoms with Gasteiger partial charge < -0.3 is 9.47 Å². The summed E-state index contributed by atoms with van der Waals surface area (Å²) in [7, 11) is 0. The first-order chi connectivity index (χ1) is 17.9. The third-order valence-electron chi connectivity index (χ3n) is 5.54. The zero-order chi connectivity index (χ0) is 26.4. The van der Waals surface area contributed by atoms with Crippen molar-refractivity contribution >= 4 is 29.6 Å². The normalized spacial score (nSPS) is 14.5. The molecule has 1 N–H and O–H groups in total. The summed E-state index contributed by atoms with van der Waals surface area (Å²) >= 11 is 0. The number of anilines is 1. The highest BCUT2D eigenvalue weighted by molar-refractivity contribution is 6.39. The average molecular weight is 501 g/mol. The molecular formula is C29H25FN2O5. The lowest BCUT2D eigenvalue weighted by molar-refractivity contribution is -0.122. The molecule has 0 radical (unpaired) electrons. The Labute approximate surface area is 213 Å². The standard InChI is InChI=1S/C29H25FN2O5/c1-3-8-21-15-20(17-25(36-4-2)26(21)37-18-19-11-13-22(30)14-12-19)16-24-27(33)31-29(35)32(28(24)34)23-9-6-5-7-10-23/h3,5-7,9-17H,1,4,8,18H2,2H3,(H,31,33,35)/b24-16+. The Hall–Kier alpha value is -4.72. The van der Waals surface area contributed by atoms with Crippen LogP contribution in [-0.2, 0) is 22.6 Å². The molecule has 4 rings (SSSR count). The van der Waals surface area contributed by atoms with Crippen LogP contribution in [0.4, 0.5) is 14.9 Å². The highest BCUT2D eigenvalue weighted by Crippen LogP contribution is 2.36. The molecule has 188 valence electrons. The Bertz CT molecular complexity index is 1370. The lowest BCUT2D eigenvalue weighted by Gasteiger charge is -2.26. The van der Waals surface area contributed by atoms with E-state index in [1.54, 1.807) is 60.7 Å². The highest BCUT2D eigenvalue weighted by Gasteiger charge is 2.36. The molecule has 8 heteroatoms. The summed E-state index contributed by atoms with van der Waals surface area (Å²) in [4.78, 5) is 39.2. The molecule has 7 nitrogen and oxygen atoms in total. The fraction of sp³-hybridized carbons (Fsp3) is 0.138. The monoisotopic (exact) mass is 500 g/mol. The van der Waals surface area contributed by atoms with Gasteiger partial charge in [-0.25, -0.2) is 14.1 Å². The van der Waals surface area contributed by atoms with Crippen LogP contribution in [0.1, 0.15) is 23.6 Å². The Morgan fingerprint density at radius 2 is 1.73 bits per heavy atom. The van der Waals surface area contributed by atoms with Gasteiger partial charge in [0.2, 0.25) is 0 Å². The van der Waals surface area contributed by atoms with Crippen LogP contribution in [0.25, 0.3) is 6.08 Å². The molecule has 1 heterocycles. The molecule has 0 aromatic heterocycles. The first-order valence-corrected chi connectivity index (χ1v) is 11.7. The number of carbonyl (C=O) groups excluding carboxylic acids is 3. The number of hydrogen-bond acceptors (Lipinski definition) is 5. The number of barbiturate groups is 1. The fourth-order valence-corrected chi connectivity index (χ4v) is 3.87. The fourth-order valence-electron chi connectivity index (χ4n) is 3.87. The number of nitrogens with one attached hydrogen (secondary N) is 1. The average Bonchev–Trinajstić information content (AvgIpc) is 2.88. The molecule has 1 saturated heterocycles. The lowest BCUT2D eigenvalue weighted by atomic mass is 10.0. The summed E-state index contributed by atoms with van der Waals surface area (Å²) in [5.41, 5.74) is 2.14. The van der Waals surface area contributed by atoms with E-state index in [1.807, 2.05) is 6.92 Å². The first kappa shape index (κ1) is 25.4. The van der Waals surface area contributed by atoms with Crippen molar-refractivity contribution in [2.45, 2.75) is 20.0 Å². The van der Waals surface area contributed by atoms with Crippen LogP contribution in [-0.4, -0.2) is 24.5 Å². The Morgan fingerprint density at radius 1 is 1.00 bits per heavy atom. The van der Waals surface area contributed by atoms with Gasteiger partial charge in [-0.1, -0.05) is 36.4 Å². The zero-order valence-corrected chi connectivity index (χ0v) is 20.2. The summed E-state index contributed by atoms with van der Waals surface area (Å²) in [6.45, 7) is 6.15. The number of carbonyl (C=O) groups is 3. The van der Waals surface area contributed by atoms with Crippen molar-refractivity contribution in [3.8, 4) is 11.5 Å². The van der Waals surface area contributed by atoms with E-state index in [0.717, 1.165) is 16.0 Å². The molecule has 0 aliphatic carbocycles. The van der Waals surface area contributed by atoms with Crippen molar-refractivity contribution in [2.75, 3.05) is 11.5 Å². The number of hydrogen-bond donors (Lipinski definition) is 1. The second kappa shape index (κ2) is 11.3. The summed E-state index contributed by atoms with van der Waals surface area (Å²) < 4.78 is 25.1. The first-order valence-electron chi connectivity index (χ1n) is 11.7. The van der Waals surface area contributed by atoms with Gasteiger partial charge in [0.1, 0.15) is 18.0 Å². The topological polar surface area (TPSA) is 84.9 Å². The summed E-state index contributed by atoms with van der Waals surface area (Å²) in [5.74, 6) is -0.969. The minimum atomic E-state index is -0.815. The van der Waals surface area contributed by atoms with Gasteiger partial charge in [-0.15, -0.1) is 6.58 Å². The number of imide groups is 2. The molecule has 1 aliphatic rings. The van der Waals surface area contributed by atoms with E-state index < -0.39 is 17.8 Å². The van der Waals surface area contributed by atoms with E-state index in [-0.39, 0.29) is 18.0 Å². The van der Waals surface area contributed by atoms with E-state index in [2.05, 4.69) is 11.9 Å². The molecule has 0 saturated carbocycles. The third kappa shape index (κ3) is 5.75. The van der Waals surface area contributed by atoms with E-state index >= 15 is 0 Å². The lowest BCUT2D eigenvalue weighted by Crippen LogP contribution is -2.54. The van der Waals surface area contributed by atoms with E-state index in [0.29, 0.717) is 35.8 Å². The Balaban J connectivity index is 1.71. The molecule has 0 unspecified atom stereocenters. The smallest absolute Gasteiger partial charge is 0.335 e. The van der Waals surface area contributed by atoms with Crippen molar-refractivity contribution in [2.24, 2.45) is 0 Å². The van der Waals surface area contributed by atoms with E-state index in [4.69, 9.17) is 9.47 Å². The number of nitrogens with zero attached hydrogens (tertiary/aromatic N) is 1. The van der Waals surface area contributed by atoms with E-state index in [9.17, 15) is 18.8 Å². The van der Waals surface area contributed by atoms with E-state index in [1.165, 1.54) is 18.2 Å². The van der Waals surface area contributed by atoms with Crippen LogP contribution in [0.15, 0.2) is 85.0 Å². The van der Waals surface area contributed by atoms with Gasteiger partial charge in [-0.05, 0) is 66.9 Å². The molecule has 3 aromatic carbocycles. The van der Waals surface area contributed by atoms with Gasteiger partial charge in [0.05, 0.1) is 12.3 Å². The second-order valence-electron chi connectivity index (χ2n) is 8.14. The van der Waals surface area contributed by atoms with Gasteiger partial charge in [-0.3, -0.25) is 14.9 Å². The SMILES string of the molecule is C=CCc1cc(/C=C2\C(=O)NC(=O)N(c3ccccc3)C2=O)cc(OCC)c1OCc1ccc(F)cc1. The molecule has 0 bridgehead atoms. The Kier molecular flexibility index (Phi) is 7.78. The molecule has 0 spiro atoms. The van der Waals surface area contributed by atoms with Crippen LogP contribution in [0, 0.1) is 5.82 Å². The molecule has 4 amide bonds. The number of urea groups is 1. The maximum absolute atomic E-state index is 13.3. The predicted octanol–water partition coefficient (Wildman–Crippen LogP) is 5.20. The van der Waals surface area contributed by atoms with Crippen molar-refractivity contribution in [1.29, 1.82) is 0 Å². The van der Waals surface area contributed by atoms with Crippen molar-refractivity contribution in [3.05, 3.63) is 107 Å². The van der Waals surface area contributed by atoms with Crippen molar-refractivity contribution < 1.29 is 28.2 Å². The molecule has 37 heavy (non-hydrogen) atoms.